The van der Waals surface area contributed by atoms with Crippen LogP contribution in [0.1, 0.15) is 5.56 Å². The molecule has 0 fully saturated rings. The first-order valence-corrected chi connectivity index (χ1v) is 6.39. The van der Waals surface area contributed by atoms with Gasteiger partial charge in [-0.2, -0.15) is 5.10 Å². The zero-order valence-electron chi connectivity index (χ0n) is 11.2. The largest absolute Gasteiger partial charge is 0.497 e. The Kier molecular flexibility index (Phi) is 3.35. The van der Waals surface area contributed by atoms with E-state index in [9.17, 15) is 0 Å². The van der Waals surface area contributed by atoms with Crippen molar-refractivity contribution in [1.29, 1.82) is 0 Å². The van der Waals surface area contributed by atoms with Crippen molar-refractivity contribution in [3.63, 3.8) is 0 Å². The summed E-state index contributed by atoms with van der Waals surface area (Å²) in [6, 6.07) is 7.71. The molecule has 0 aliphatic carbocycles. The Hall–Kier alpha value is -2.40. The molecule has 0 atom stereocenters. The lowest BCUT2D eigenvalue weighted by atomic mass is 10.2. The molecule has 0 aliphatic heterocycles. The number of aliphatic hydroxyl groups excluding tert-OH is 1. The van der Waals surface area contributed by atoms with Crippen molar-refractivity contribution in [2.75, 3.05) is 13.7 Å². The van der Waals surface area contributed by atoms with E-state index in [4.69, 9.17) is 9.84 Å². The van der Waals surface area contributed by atoms with E-state index in [1.807, 2.05) is 35.1 Å². The van der Waals surface area contributed by atoms with Crippen LogP contribution in [0.4, 0.5) is 0 Å². The second-order valence-electron chi connectivity index (χ2n) is 4.48. The van der Waals surface area contributed by atoms with Gasteiger partial charge in [-0.3, -0.25) is 4.98 Å². The van der Waals surface area contributed by atoms with Crippen LogP contribution in [0.2, 0.25) is 0 Å². The monoisotopic (exact) mass is 269 g/mol. The summed E-state index contributed by atoms with van der Waals surface area (Å²) >= 11 is 0. The Labute approximate surface area is 116 Å². The lowest BCUT2D eigenvalue weighted by Crippen LogP contribution is -1.97. The summed E-state index contributed by atoms with van der Waals surface area (Å²) in [4.78, 5) is 4.36. The molecule has 0 radical (unpaired) electrons. The third-order valence-corrected chi connectivity index (χ3v) is 3.21. The number of hydrogen-bond acceptors (Lipinski definition) is 4. The average Bonchev–Trinajstić information content (AvgIpc) is 2.95. The fraction of sp³-hybridized carbons (Fsp3) is 0.200. The molecule has 2 heterocycles. The van der Waals surface area contributed by atoms with Crippen LogP contribution >= 0.6 is 0 Å². The van der Waals surface area contributed by atoms with Crippen LogP contribution in [0.25, 0.3) is 16.6 Å². The summed E-state index contributed by atoms with van der Waals surface area (Å²) in [6.45, 7) is 0.125. The Morgan fingerprint density at radius 1 is 1.30 bits per heavy atom. The van der Waals surface area contributed by atoms with Gasteiger partial charge < -0.3 is 9.84 Å². The highest BCUT2D eigenvalue weighted by molar-refractivity contribution is 5.87. The van der Waals surface area contributed by atoms with Crippen LogP contribution in [-0.2, 0) is 6.42 Å². The van der Waals surface area contributed by atoms with Gasteiger partial charge in [0.15, 0.2) is 0 Å². The molecule has 3 rings (SSSR count). The smallest absolute Gasteiger partial charge is 0.121 e. The number of fused-ring (bicyclic) bond motifs is 1. The first-order valence-electron chi connectivity index (χ1n) is 6.39. The second kappa shape index (κ2) is 5.30. The van der Waals surface area contributed by atoms with Gasteiger partial charge in [0.2, 0.25) is 0 Å². The van der Waals surface area contributed by atoms with Crippen molar-refractivity contribution in [2.45, 2.75) is 6.42 Å². The van der Waals surface area contributed by atoms with Gasteiger partial charge in [-0.05, 0) is 30.2 Å². The second-order valence-corrected chi connectivity index (χ2v) is 4.48. The zero-order chi connectivity index (χ0) is 13.9. The van der Waals surface area contributed by atoms with Gasteiger partial charge in [-0.25, -0.2) is 4.68 Å². The van der Waals surface area contributed by atoms with Gasteiger partial charge in [0.05, 0.1) is 24.5 Å². The minimum atomic E-state index is 0.125. The standard InChI is InChI=1S/C15H15N3O2/c1-20-12-2-3-13-14(8-12)16-6-4-15(13)18-10-11(5-7-19)9-17-18/h2-4,6,8-10,19H,5,7H2,1H3. The summed E-state index contributed by atoms with van der Waals surface area (Å²) in [5, 5.41) is 14.3. The maximum absolute atomic E-state index is 8.97. The van der Waals surface area contributed by atoms with Crippen LogP contribution in [0.5, 0.6) is 5.75 Å². The SMILES string of the molecule is COc1ccc2c(-n3cc(CCO)cn3)ccnc2c1. The molecule has 3 aromatic rings. The van der Waals surface area contributed by atoms with E-state index in [0.717, 1.165) is 27.9 Å². The molecule has 0 saturated carbocycles. The summed E-state index contributed by atoms with van der Waals surface area (Å²) in [6.07, 6.45) is 6.06. The van der Waals surface area contributed by atoms with Crippen molar-refractivity contribution >= 4 is 10.9 Å². The Morgan fingerprint density at radius 3 is 3.00 bits per heavy atom. The third kappa shape index (κ3) is 2.23. The molecular weight excluding hydrogens is 254 g/mol. The molecule has 102 valence electrons. The van der Waals surface area contributed by atoms with Crippen LogP contribution in [0.15, 0.2) is 42.9 Å². The van der Waals surface area contributed by atoms with Gasteiger partial charge in [-0.1, -0.05) is 0 Å². The Bertz CT molecular complexity index is 737. The molecule has 0 aliphatic rings. The van der Waals surface area contributed by atoms with Crippen LogP contribution in [-0.4, -0.2) is 33.6 Å². The number of pyridine rings is 1. The van der Waals surface area contributed by atoms with Gasteiger partial charge in [0.1, 0.15) is 5.75 Å². The number of methoxy groups -OCH3 is 1. The van der Waals surface area contributed by atoms with Crippen molar-refractivity contribution < 1.29 is 9.84 Å². The molecule has 0 spiro atoms. The maximum Gasteiger partial charge on any atom is 0.121 e. The summed E-state index contributed by atoms with van der Waals surface area (Å²) in [5.41, 5.74) is 2.83. The number of aromatic nitrogens is 3. The number of benzene rings is 1. The molecule has 20 heavy (non-hydrogen) atoms. The van der Waals surface area contributed by atoms with Gasteiger partial charge in [0, 0.05) is 30.5 Å². The molecule has 2 aromatic heterocycles. The minimum Gasteiger partial charge on any atom is -0.497 e. The predicted octanol–water partition coefficient (Wildman–Crippen LogP) is 1.96. The van der Waals surface area contributed by atoms with E-state index in [1.54, 1.807) is 19.5 Å². The fourth-order valence-corrected chi connectivity index (χ4v) is 2.19. The van der Waals surface area contributed by atoms with Crippen LogP contribution in [0, 0.1) is 0 Å². The molecule has 0 bridgehead atoms. The number of nitrogens with zero attached hydrogens (tertiary/aromatic N) is 3. The number of rotatable bonds is 4. The quantitative estimate of drug-likeness (QED) is 0.786. The summed E-state index contributed by atoms with van der Waals surface area (Å²) < 4.78 is 7.02. The predicted molar refractivity (Wildman–Crippen MR) is 76.2 cm³/mol. The van der Waals surface area contributed by atoms with Crippen LogP contribution in [0.3, 0.4) is 0 Å². The molecular formula is C15H15N3O2. The number of aliphatic hydroxyl groups is 1. The average molecular weight is 269 g/mol. The lowest BCUT2D eigenvalue weighted by Gasteiger charge is -2.07. The number of hydrogen-bond donors (Lipinski definition) is 1. The highest BCUT2D eigenvalue weighted by Crippen LogP contribution is 2.24. The van der Waals surface area contributed by atoms with E-state index in [1.165, 1.54) is 0 Å². The molecule has 5 heteroatoms. The Balaban J connectivity index is 2.10. The van der Waals surface area contributed by atoms with Crippen molar-refractivity contribution in [3.05, 3.63) is 48.4 Å². The molecule has 0 amide bonds. The lowest BCUT2D eigenvalue weighted by molar-refractivity contribution is 0.299. The third-order valence-electron chi connectivity index (χ3n) is 3.21. The van der Waals surface area contributed by atoms with E-state index in [2.05, 4.69) is 10.1 Å². The van der Waals surface area contributed by atoms with Crippen molar-refractivity contribution in [1.82, 2.24) is 14.8 Å². The van der Waals surface area contributed by atoms with Gasteiger partial charge in [-0.15, -0.1) is 0 Å². The van der Waals surface area contributed by atoms with Crippen LogP contribution < -0.4 is 4.74 Å². The van der Waals surface area contributed by atoms with Gasteiger partial charge >= 0.3 is 0 Å². The zero-order valence-corrected chi connectivity index (χ0v) is 11.2. The highest BCUT2D eigenvalue weighted by atomic mass is 16.5. The molecule has 1 N–H and O–H groups in total. The minimum absolute atomic E-state index is 0.125. The molecule has 0 saturated heterocycles. The molecule has 5 nitrogen and oxygen atoms in total. The maximum atomic E-state index is 8.97. The van der Waals surface area contributed by atoms with E-state index in [-0.39, 0.29) is 6.61 Å². The first kappa shape index (κ1) is 12.6. The summed E-state index contributed by atoms with van der Waals surface area (Å²) in [7, 11) is 1.64. The molecule has 1 aromatic carbocycles. The topological polar surface area (TPSA) is 60.2 Å². The van der Waals surface area contributed by atoms with Gasteiger partial charge in [0.25, 0.3) is 0 Å². The number of ether oxygens (including phenoxy) is 1. The van der Waals surface area contributed by atoms with Crippen molar-refractivity contribution in [3.8, 4) is 11.4 Å². The Morgan fingerprint density at radius 2 is 2.20 bits per heavy atom. The van der Waals surface area contributed by atoms with E-state index in [0.29, 0.717) is 6.42 Å². The normalized spacial score (nSPS) is 10.9. The molecule has 0 unspecified atom stereocenters. The van der Waals surface area contributed by atoms with E-state index < -0.39 is 0 Å². The van der Waals surface area contributed by atoms with Crippen molar-refractivity contribution in [2.24, 2.45) is 0 Å². The fourth-order valence-electron chi connectivity index (χ4n) is 2.19. The van der Waals surface area contributed by atoms with E-state index >= 15 is 0 Å². The summed E-state index contributed by atoms with van der Waals surface area (Å²) in [5.74, 6) is 0.781. The first-order chi connectivity index (χ1) is 9.81. The highest BCUT2D eigenvalue weighted by Gasteiger charge is 2.07.